The van der Waals surface area contributed by atoms with Crippen LogP contribution in [0.1, 0.15) is 54.9 Å². The minimum atomic E-state index is -0.147. The molecule has 0 amide bonds. The highest BCUT2D eigenvalue weighted by molar-refractivity contribution is 5.95. The molecule has 1 aliphatic rings. The first-order chi connectivity index (χ1) is 8.94. The van der Waals surface area contributed by atoms with E-state index in [4.69, 9.17) is 0 Å². The van der Waals surface area contributed by atoms with Gasteiger partial charge >= 0.3 is 0 Å². The van der Waals surface area contributed by atoms with E-state index >= 15 is 0 Å². The monoisotopic (exact) mass is 276 g/mol. The van der Waals surface area contributed by atoms with E-state index in [0.717, 1.165) is 5.57 Å². The van der Waals surface area contributed by atoms with E-state index in [1.807, 2.05) is 6.92 Å². The molecule has 0 bridgehead atoms. The van der Waals surface area contributed by atoms with Crippen molar-refractivity contribution in [2.75, 3.05) is 0 Å². The van der Waals surface area contributed by atoms with Gasteiger partial charge in [0.2, 0.25) is 0 Å². The maximum atomic E-state index is 11.7. The highest BCUT2D eigenvalue weighted by Gasteiger charge is 2.38. The number of carbonyl (C=O) groups is 1. The highest BCUT2D eigenvalue weighted by Crippen LogP contribution is 2.42. The molecule has 0 fully saturated rings. The van der Waals surface area contributed by atoms with Crippen LogP contribution in [0.4, 0.5) is 0 Å². The SMILES string of the molecule is CC1=C(O)C(=O)CC(C)(C)C1/C=C/C(C)=C/C(C)(C)C. The number of hydrogen-bond donors (Lipinski definition) is 1. The largest absolute Gasteiger partial charge is 0.504 e. The summed E-state index contributed by atoms with van der Waals surface area (Å²) in [4.78, 5) is 11.7. The standard InChI is InChI=1S/C18H28O2/c1-12(10-17(3,4)5)8-9-14-13(2)16(20)15(19)11-18(14,6)7/h8-10,14,20H,11H2,1-7H3/b9-8+,12-10+. The molecule has 0 aromatic rings. The third-order valence-electron chi connectivity index (χ3n) is 3.77. The van der Waals surface area contributed by atoms with Crippen LogP contribution in [0, 0.1) is 16.7 Å². The normalized spacial score (nSPS) is 24.6. The average Bonchev–Trinajstić information content (AvgIpc) is 2.22. The molecule has 0 aromatic carbocycles. The summed E-state index contributed by atoms with van der Waals surface area (Å²) in [5.74, 6) is -0.0842. The predicted octanol–water partition coefficient (Wildman–Crippen LogP) is 4.98. The predicted molar refractivity (Wildman–Crippen MR) is 84.6 cm³/mol. The van der Waals surface area contributed by atoms with Crippen molar-refractivity contribution in [2.24, 2.45) is 16.7 Å². The molecule has 0 saturated carbocycles. The number of ketones is 1. The van der Waals surface area contributed by atoms with Crippen molar-refractivity contribution in [3.8, 4) is 0 Å². The summed E-state index contributed by atoms with van der Waals surface area (Å²) in [7, 11) is 0. The van der Waals surface area contributed by atoms with Crippen molar-refractivity contribution in [1.82, 2.24) is 0 Å². The quantitative estimate of drug-likeness (QED) is 0.722. The first-order valence-electron chi connectivity index (χ1n) is 7.24. The van der Waals surface area contributed by atoms with Crippen molar-refractivity contribution >= 4 is 5.78 Å². The molecule has 2 heteroatoms. The van der Waals surface area contributed by atoms with Crippen LogP contribution in [0.5, 0.6) is 0 Å². The van der Waals surface area contributed by atoms with Crippen LogP contribution in [-0.2, 0) is 4.79 Å². The minimum absolute atomic E-state index is 0.0450. The van der Waals surface area contributed by atoms with E-state index in [0.29, 0.717) is 6.42 Å². The number of hydrogen-bond acceptors (Lipinski definition) is 2. The van der Waals surface area contributed by atoms with Crippen molar-refractivity contribution in [3.63, 3.8) is 0 Å². The molecule has 1 N–H and O–H groups in total. The topological polar surface area (TPSA) is 37.3 Å². The van der Waals surface area contributed by atoms with Crippen LogP contribution < -0.4 is 0 Å². The van der Waals surface area contributed by atoms with E-state index in [9.17, 15) is 9.90 Å². The molecule has 1 aliphatic carbocycles. The zero-order valence-corrected chi connectivity index (χ0v) is 13.9. The van der Waals surface area contributed by atoms with E-state index in [1.165, 1.54) is 5.57 Å². The first-order valence-corrected chi connectivity index (χ1v) is 7.24. The number of rotatable bonds is 2. The fraction of sp³-hybridized carbons (Fsp3) is 0.611. The number of aliphatic hydroxyl groups excluding tert-OH is 1. The van der Waals surface area contributed by atoms with Gasteiger partial charge in [-0.2, -0.15) is 0 Å². The fourth-order valence-electron chi connectivity index (χ4n) is 2.94. The van der Waals surface area contributed by atoms with E-state index in [2.05, 4.69) is 59.8 Å². The summed E-state index contributed by atoms with van der Waals surface area (Å²) in [5, 5.41) is 9.88. The Morgan fingerprint density at radius 2 is 1.90 bits per heavy atom. The molecule has 2 nitrogen and oxygen atoms in total. The van der Waals surface area contributed by atoms with Crippen LogP contribution in [0.25, 0.3) is 0 Å². The molecule has 0 heterocycles. The van der Waals surface area contributed by atoms with E-state index < -0.39 is 0 Å². The Morgan fingerprint density at radius 1 is 1.35 bits per heavy atom. The van der Waals surface area contributed by atoms with E-state index in [1.54, 1.807) is 0 Å². The Kier molecular flexibility index (Phi) is 4.68. The second-order valence-corrected chi connectivity index (χ2v) is 7.71. The molecule has 1 unspecified atom stereocenters. The van der Waals surface area contributed by atoms with Gasteiger partial charge in [-0.05, 0) is 30.3 Å². The van der Waals surface area contributed by atoms with Gasteiger partial charge in [0.1, 0.15) is 0 Å². The van der Waals surface area contributed by atoms with Gasteiger partial charge < -0.3 is 5.11 Å². The Hall–Kier alpha value is -1.31. The molecule has 0 aliphatic heterocycles. The number of Topliss-reactive ketones (excluding diaryl/α,β-unsaturated/α-hetero) is 1. The molecule has 0 aromatic heterocycles. The average molecular weight is 276 g/mol. The molecule has 0 spiro atoms. The molecule has 112 valence electrons. The van der Waals surface area contributed by atoms with E-state index in [-0.39, 0.29) is 28.3 Å². The van der Waals surface area contributed by atoms with Gasteiger partial charge in [0.25, 0.3) is 0 Å². The molecular formula is C18H28O2. The van der Waals surface area contributed by atoms with Gasteiger partial charge in [0, 0.05) is 12.3 Å². The van der Waals surface area contributed by atoms with Gasteiger partial charge in [0.05, 0.1) is 0 Å². The highest BCUT2D eigenvalue weighted by atomic mass is 16.3. The summed E-state index contributed by atoms with van der Waals surface area (Å²) in [6.07, 6.45) is 6.84. The smallest absolute Gasteiger partial charge is 0.197 e. The number of carbonyl (C=O) groups excluding carboxylic acids is 1. The van der Waals surface area contributed by atoms with Gasteiger partial charge in [-0.25, -0.2) is 0 Å². The summed E-state index contributed by atoms with van der Waals surface area (Å²) >= 11 is 0. The van der Waals surface area contributed by atoms with Gasteiger partial charge in [-0.15, -0.1) is 0 Å². The molecule has 0 radical (unpaired) electrons. The Morgan fingerprint density at radius 3 is 2.40 bits per heavy atom. The second-order valence-electron chi connectivity index (χ2n) is 7.71. The Bertz CT molecular complexity index is 482. The number of allylic oxidation sites excluding steroid dienone is 6. The lowest BCUT2D eigenvalue weighted by Crippen LogP contribution is -2.33. The summed E-state index contributed by atoms with van der Waals surface area (Å²) in [6.45, 7) is 14.6. The van der Waals surface area contributed by atoms with Crippen molar-refractivity contribution in [1.29, 1.82) is 0 Å². The lowest BCUT2D eigenvalue weighted by molar-refractivity contribution is -0.121. The minimum Gasteiger partial charge on any atom is -0.504 e. The lowest BCUT2D eigenvalue weighted by Gasteiger charge is -2.36. The summed E-state index contributed by atoms with van der Waals surface area (Å²) in [5.41, 5.74) is 1.99. The number of aliphatic hydroxyl groups is 1. The zero-order chi connectivity index (χ0) is 15.7. The van der Waals surface area contributed by atoms with Crippen molar-refractivity contribution in [2.45, 2.75) is 54.9 Å². The third kappa shape index (κ3) is 4.09. The van der Waals surface area contributed by atoms with Gasteiger partial charge in [-0.1, -0.05) is 58.4 Å². The van der Waals surface area contributed by atoms with Gasteiger partial charge in [-0.3, -0.25) is 4.79 Å². The van der Waals surface area contributed by atoms with Crippen LogP contribution in [0.3, 0.4) is 0 Å². The molecule has 1 rings (SSSR count). The molecule has 0 saturated heterocycles. The lowest BCUT2D eigenvalue weighted by atomic mass is 9.67. The van der Waals surface area contributed by atoms with Crippen LogP contribution in [-0.4, -0.2) is 10.9 Å². The van der Waals surface area contributed by atoms with Crippen molar-refractivity contribution in [3.05, 3.63) is 35.1 Å². The van der Waals surface area contributed by atoms with Crippen molar-refractivity contribution < 1.29 is 9.90 Å². The zero-order valence-electron chi connectivity index (χ0n) is 13.9. The maximum Gasteiger partial charge on any atom is 0.197 e. The first kappa shape index (κ1) is 16.7. The maximum absolute atomic E-state index is 11.7. The summed E-state index contributed by atoms with van der Waals surface area (Å²) in [6, 6.07) is 0. The second kappa shape index (κ2) is 5.59. The Labute approximate surface area is 123 Å². The van der Waals surface area contributed by atoms with Crippen LogP contribution in [0.15, 0.2) is 35.1 Å². The third-order valence-corrected chi connectivity index (χ3v) is 3.77. The Balaban J connectivity index is 3.06. The van der Waals surface area contributed by atoms with Crippen LogP contribution in [0.2, 0.25) is 0 Å². The molecule has 20 heavy (non-hydrogen) atoms. The summed E-state index contributed by atoms with van der Waals surface area (Å²) < 4.78 is 0. The van der Waals surface area contributed by atoms with Crippen LogP contribution >= 0.6 is 0 Å². The molecule has 1 atom stereocenters. The molecular weight excluding hydrogens is 248 g/mol. The van der Waals surface area contributed by atoms with Gasteiger partial charge in [0.15, 0.2) is 11.5 Å². The fourth-order valence-corrected chi connectivity index (χ4v) is 2.94.